The van der Waals surface area contributed by atoms with E-state index in [1.807, 2.05) is 31.2 Å². The van der Waals surface area contributed by atoms with Gasteiger partial charge in [-0.2, -0.15) is 0 Å². The van der Waals surface area contributed by atoms with E-state index >= 15 is 0 Å². The van der Waals surface area contributed by atoms with Gasteiger partial charge in [0.25, 0.3) is 0 Å². The SMILES string of the molecule is CC1=c2cc(CN(O)C(N)=O)ccc2=NC1(CCCCC(=O)O)c1cccnc1. The van der Waals surface area contributed by atoms with Crippen LogP contribution in [0.3, 0.4) is 0 Å². The Morgan fingerprint density at radius 2 is 2.03 bits per heavy atom. The number of nitrogens with two attached hydrogens (primary N) is 1. The highest BCUT2D eigenvalue weighted by Crippen LogP contribution is 2.39. The third-order valence-corrected chi connectivity index (χ3v) is 5.30. The Kier molecular flexibility index (Phi) is 5.93. The Balaban J connectivity index is 2.00. The molecule has 2 aromatic rings. The molecule has 4 N–H and O–H groups in total. The molecule has 0 spiro atoms. The summed E-state index contributed by atoms with van der Waals surface area (Å²) >= 11 is 0. The fourth-order valence-corrected chi connectivity index (χ4v) is 3.78. The highest BCUT2D eigenvalue weighted by Gasteiger charge is 2.36. The van der Waals surface area contributed by atoms with Gasteiger partial charge in [-0.3, -0.25) is 20.0 Å². The van der Waals surface area contributed by atoms with Gasteiger partial charge >= 0.3 is 12.0 Å². The molecular weight excluding hydrogens is 372 g/mol. The summed E-state index contributed by atoms with van der Waals surface area (Å²) in [6, 6.07) is 8.48. The predicted molar refractivity (Wildman–Crippen MR) is 105 cm³/mol. The van der Waals surface area contributed by atoms with Crippen molar-refractivity contribution in [3.8, 4) is 0 Å². The second kappa shape index (κ2) is 8.40. The van der Waals surface area contributed by atoms with E-state index in [9.17, 15) is 14.8 Å². The lowest BCUT2D eigenvalue weighted by molar-refractivity contribution is -0.137. The van der Waals surface area contributed by atoms with Gasteiger partial charge in [-0.1, -0.05) is 12.1 Å². The molecule has 2 heterocycles. The van der Waals surface area contributed by atoms with Crippen molar-refractivity contribution in [3.63, 3.8) is 0 Å². The van der Waals surface area contributed by atoms with Crippen LogP contribution < -0.4 is 16.3 Å². The molecule has 8 heteroatoms. The van der Waals surface area contributed by atoms with Gasteiger partial charge in [0.05, 0.1) is 11.9 Å². The Bertz CT molecular complexity index is 1040. The van der Waals surface area contributed by atoms with Crippen LogP contribution >= 0.6 is 0 Å². The molecule has 1 aliphatic rings. The van der Waals surface area contributed by atoms with Crippen molar-refractivity contribution in [2.24, 2.45) is 10.7 Å². The zero-order chi connectivity index (χ0) is 21.0. The Labute approximate surface area is 168 Å². The number of hydrogen-bond acceptors (Lipinski definition) is 5. The first kappa shape index (κ1) is 20.5. The van der Waals surface area contributed by atoms with Crippen LogP contribution in [0, 0.1) is 0 Å². The largest absolute Gasteiger partial charge is 0.481 e. The number of hydroxylamine groups is 2. The molecule has 0 radical (unpaired) electrons. The normalized spacial score (nSPS) is 17.5. The molecule has 0 bridgehead atoms. The highest BCUT2D eigenvalue weighted by atomic mass is 16.5. The van der Waals surface area contributed by atoms with Crippen LogP contribution in [0.1, 0.15) is 43.7 Å². The van der Waals surface area contributed by atoms with Crippen molar-refractivity contribution >= 4 is 17.6 Å². The van der Waals surface area contributed by atoms with E-state index in [1.54, 1.807) is 18.5 Å². The first-order chi connectivity index (χ1) is 13.8. The zero-order valence-corrected chi connectivity index (χ0v) is 16.2. The molecule has 3 rings (SSSR count). The minimum atomic E-state index is -0.918. The van der Waals surface area contributed by atoms with Crippen LogP contribution in [0.4, 0.5) is 4.79 Å². The molecule has 1 unspecified atom stereocenters. The van der Waals surface area contributed by atoms with Crippen LogP contribution in [0.5, 0.6) is 0 Å². The van der Waals surface area contributed by atoms with E-state index < -0.39 is 17.5 Å². The number of aliphatic carboxylic acids is 1. The quantitative estimate of drug-likeness (QED) is 0.355. The maximum atomic E-state index is 11.1. The van der Waals surface area contributed by atoms with E-state index in [2.05, 4.69) is 4.98 Å². The van der Waals surface area contributed by atoms with Crippen molar-refractivity contribution in [2.75, 3.05) is 0 Å². The Hall–Kier alpha value is -3.26. The predicted octanol–water partition coefficient (Wildman–Crippen LogP) is 1.70. The molecule has 8 nitrogen and oxygen atoms in total. The Morgan fingerprint density at radius 3 is 2.69 bits per heavy atom. The smallest absolute Gasteiger partial charge is 0.338 e. The molecule has 29 heavy (non-hydrogen) atoms. The number of fused-ring (bicyclic) bond motifs is 1. The standard InChI is InChI=1S/C21H24N4O4/c1-14-17-11-15(13-25(29)20(22)28)7-8-18(17)24-21(14,9-3-2-6-19(26)27)16-5-4-10-23-12-16/h4-5,7-8,10-12,29H,2-3,6,9,13H2,1H3,(H2,22,28)(H,26,27). The third kappa shape index (κ3) is 4.27. The second-order valence-electron chi connectivity index (χ2n) is 7.19. The number of carbonyl (C=O) groups excluding carboxylic acids is 1. The number of rotatable bonds is 8. The second-order valence-corrected chi connectivity index (χ2v) is 7.19. The summed E-state index contributed by atoms with van der Waals surface area (Å²) < 4.78 is 0. The van der Waals surface area contributed by atoms with Gasteiger partial charge in [0.1, 0.15) is 5.54 Å². The van der Waals surface area contributed by atoms with Crippen LogP contribution in [0.15, 0.2) is 47.7 Å². The van der Waals surface area contributed by atoms with Crippen LogP contribution in [-0.4, -0.2) is 32.4 Å². The number of amides is 2. The molecule has 0 saturated heterocycles. The average molecular weight is 396 g/mol. The van der Waals surface area contributed by atoms with Gasteiger partial charge in [0, 0.05) is 29.6 Å². The van der Waals surface area contributed by atoms with Crippen LogP contribution in [-0.2, 0) is 16.9 Å². The van der Waals surface area contributed by atoms with Gasteiger partial charge in [-0.25, -0.2) is 9.86 Å². The van der Waals surface area contributed by atoms with E-state index in [-0.39, 0.29) is 13.0 Å². The fourth-order valence-electron chi connectivity index (χ4n) is 3.78. The molecular formula is C21H24N4O4. The van der Waals surface area contributed by atoms with Gasteiger partial charge in [0.2, 0.25) is 0 Å². The van der Waals surface area contributed by atoms with E-state index in [1.165, 1.54) is 0 Å². The van der Waals surface area contributed by atoms with Gasteiger partial charge in [-0.15, -0.1) is 0 Å². The number of unbranched alkanes of at least 4 members (excludes halogenated alkanes) is 1. The van der Waals surface area contributed by atoms with Gasteiger partial charge in [-0.05, 0) is 55.5 Å². The topological polar surface area (TPSA) is 129 Å². The lowest BCUT2D eigenvalue weighted by atomic mass is 9.80. The minimum Gasteiger partial charge on any atom is -0.481 e. The number of primary amides is 1. The molecule has 0 saturated carbocycles. The van der Waals surface area contributed by atoms with Gasteiger partial charge < -0.3 is 10.8 Å². The van der Waals surface area contributed by atoms with Crippen LogP contribution in [0.25, 0.3) is 5.57 Å². The van der Waals surface area contributed by atoms with Crippen molar-refractivity contribution in [1.82, 2.24) is 10.0 Å². The summed E-state index contributed by atoms with van der Waals surface area (Å²) in [5, 5.41) is 20.8. The summed E-state index contributed by atoms with van der Waals surface area (Å²) in [7, 11) is 0. The molecule has 1 aromatic heterocycles. The monoisotopic (exact) mass is 396 g/mol. The van der Waals surface area contributed by atoms with Gasteiger partial charge in [0.15, 0.2) is 0 Å². The number of hydrogen-bond donors (Lipinski definition) is 3. The number of benzene rings is 1. The number of urea groups is 1. The number of carboxylic acid groups (broad SMARTS) is 1. The number of pyridine rings is 1. The summed E-state index contributed by atoms with van der Waals surface area (Å²) in [6.07, 6.45) is 5.55. The summed E-state index contributed by atoms with van der Waals surface area (Å²) in [5.74, 6) is -0.805. The van der Waals surface area contributed by atoms with Crippen molar-refractivity contribution < 1.29 is 19.9 Å². The lowest BCUT2D eigenvalue weighted by Gasteiger charge is -2.29. The zero-order valence-electron chi connectivity index (χ0n) is 16.2. The molecule has 1 aliphatic heterocycles. The first-order valence-corrected chi connectivity index (χ1v) is 9.42. The number of carbonyl (C=O) groups is 2. The molecule has 1 aromatic carbocycles. The number of carboxylic acids is 1. The highest BCUT2D eigenvalue weighted by molar-refractivity contribution is 5.70. The maximum Gasteiger partial charge on any atom is 0.338 e. The number of nitrogens with zero attached hydrogens (tertiary/aromatic N) is 3. The molecule has 2 amide bonds. The molecule has 0 fully saturated rings. The Morgan fingerprint density at radius 1 is 1.24 bits per heavy atom. The molecule has 152 valence electrons. The third-order valence-electron chi connectivity index (χ3n) is 5.30. The van der Waals surface area contributed by atoms with E-state index in [0.29, 0.717) is 24.3 Å². The molecule has 0 aliphatic carbocycles. The average Bonchev–Trinajstić information content (AvgIpc) is 2.98. The van der Waals surface area contributed by atoms with Crippen molar-refractivity contribution in [3.05, 3.63) is 64.4 Å². The summed E-state index contributed by atoms with van der Waals surface area (Å²) in [4.78, 5) is 31.2. The first-order valence-electron chi connectivity index (χ1n) is 9.42. The summed E-state index contributed by atoms with van der Waals surface area (Å²) in [5.41, 5.74) is 7.19. The van der Waals surface area contributed by atoms with Crippen LogP contribution in [0.2, 0.25) is 0 Å². The summed E-state index contributed by atoms with van der Waals surface area (Å²) in [6.45, 7) is 1.99. The van der Waals surface area contributed by atoms with Crippen molar-refractivity contribution in [1.29, 1.82) is 0 Å². The lowest BCUT2D eigenvalue weighted by Crippen LogP contribution is -2.33. The van der Waals surface area contributed by atoms with E-state index in [0.717, 1.165) is 27.3 Å². The van der Waals surface area contributed by atoms with E-state index in [4.69, 9.17) is 15.8 Å². The number of aromatic nitrogens is 1. The fraction of sp³-hybridized carbons (Fsp3) is 0.333. The van der Waals surface area contributed by atoms with Crippen molar-refractivity contribution in [2.45, 2.75) is 44.7 Å². The molecule has 1 atom stereocenters. The minimum absolute atomic E-state index is 0.0194. The maximum absolute atomic E-state index is 11.1.